The van der Waals surface area contributed by atoms with Crippen LogP contribution in [0.2, 0.25) is 0 Å². The molecule has 3 N–H and O–H groups in total. The number of allylic oxidation sites excluding steroid dienone is 1. The summed E-state index contributed by atoms with van der Waals surface area (Å²) in [6.45, 7) is 4.20. The number of fused-ring (bicyclic) bond motifs is 1. The van der Waals surface area contributed by atoms with E-state index in [4.69, 9.17) is 15.2 Å². The number of ether oxygens (including phenoxy) is 2. The van der Waals surface area contributed by atoms with Crippen LogP contribution in [0.25, 0.3) is 0 Å². The summed E-state index contributed by atoms with van der Waals surface area (Å²) in [5.41, 5.74) is 10.1. The van der Waals surface area contributed by atoms with Crippen molar-refractivity contribution in [1.29, 1.82) is 5.26 Å². The van der Waals surface area contributed by atoms with E-state index in [2.05, 4.69) is 21.6 Å². The van der Waals surface area contributed by atoms with E-state index in [1.165, 1.54) is 7.11 Å². The molecule has 8 nitrogen and oxygen atoms in total. The average molecular weight is 405 g/mol. The molecule has 2 heterocycles. The maximum atomic E-state index is 12.5. The number of carbonyl (C=O) groups excluding carboxylic acids is 1. The number of nitrogens with zero attached hydrogens (tertiary/aromatic N) is 3. The summed E-state index contributed by atoms with van der Waals surface area (Å²) >= 11 is 0. The molecule has 0 unspecified atom stereocenters. The number of nitrogens with one attached hydrogen (secondary N) is 1. The molecule has 4 rings (SSSR count). The Morgan fingerprint density at radius 1 is 1.33 bits per heavy atom. The van der Waals surface area contributed by atoms with Crippen LogP contribution in [0.5, 0.6) is 11.6 Å². The van der Waals surface area contributed by atoms with Crippen molar-refractivity contribution < 1.29 is 14.3 Å². The van der Waals surface area contributed by atoms with Crippen molar-refractivity contribution in [3.63, 3.8) is 0 Å². The molecule has 0 spiro atoms. The molecule has 0 bridgehead atoms. The normalized spacial score (nSPS) is 17.6. The lowest BCUT2D eigenvalue weighted by Crippen LogP contribution is -2.29. The number of aromatic nitrogens is 2. The number of amides is 1. The van der Waals surface area contributed by atoms with Crippen LogP contribution in [0, 0.1) is 24.2 Å². The lowest BCUT2D eigenvalue weighted by atomic mass is 9.80. The van der Waals surface area contributed by atoms with Gasteiger partial charge >= 0.3 is 0 Å². The Balaban J connectivity index is 1.95. The van der Waals surface area contributed by atoms with Crippen molar-refractivity contribution >= 4 is 11.6 Å². The van der Waals surface area contributed by atoms with E-state index in [0.29, 0.717) is 57.8 Å². The minimum Gasteiger partial charge on any atom is -0.496 e. The van der Waals surface area contributed by atoms with Gasteiger partial charge in [0.1, 0.15) is 5.75 Å². The Kier molecular flexibility index (Phi) is 5.04. The van der Waals surface area contributed by atoms with Gasteiger partial charge in [0, 0.05) is 16.8 Å². The Morgan fingerprint density at radius 3 is 2.73 bits per heavy atom. The second-order valence-corrected chi connectivity index (χ2v) is 7.66. The molecule has 30 heavy (non-hydrogen) atoms. The van der Waals surface area contributed by atoms with Crippen LogP contribution in [0.1, 0.15) is 48.1 Å². The first-order valence-electron chi connectivity index (χ1n) is 9.80. The summed E-state index contributed by atoms with van der Waals surface area (Å²) in [4.78, 5) is 12.5. The molecule has 1 amide bonds. The second kappa shape index (κ2) is 7.67. The van der Waals surface area contributed by atoms with Gasteiger partial charge in [-0.2, -0.15) is 10.4 Å². The number of anilines is 1. The first-order chi connectivity index (χ1) is 14.4. The highest BCUT2D eigenvalue weighted by atomic mass is 16.5. The third-order valence-electron chi connectivity index (χ3n) is 5.54. The number of methoxy groups -OCH3 is 1. The average Bonchev–Trinajstić information content (AvgIpc) is 3.56. The molecular weight excluding hydrogens is 382 g/mol. The van der Waals surface area contributed by atoms with Crippen LogP contribution in [-0.4, -0.2) is 29.8 Å². The van der Waals surface area contributed by atoms with Crippen LogP contribution < -0.4 is 20.5 Å². The van der Waals surface area contributed by atoms with Crippen molar-refractivity contribution in [2.24, 2.45) is 11.7 Å². The van der Waals surface area contributed by atoms with Crippen molar-refractivity contribution in [3.05, 3.63) is 51.9 Å². The largest absolute Gasteiger partial charge is 0.496 e. The molecule has 0 radical (unpaired) electrons. The van der Waals surface area contributed by atoms with Crippen molar-refractivity contribution in [1.82, 2.24) is 10.2 Å². The number of nitriles is 1. The molecular formula is C22H23N5O3. The summed E-state index contributed by atoms with van der Waals surface area (Å²) in [7, 11) is 1.53. The number of carbonyl (C=O) groups is 1. The fourth-order valence-corrected chi connectivity index (χ4v) is 3.81. The predicted molar refractivity (Wildman–Crippen MR) is 110 cm³/mol. The Hall–Kier alpha value is -3.60. The molecule has 2 aliphatic rings. The first kappa shape index (κ1) is 19.7. The number of hydrogen-bond donors (Lipinski definition) is 2. The standard InChI is InChI=1S/C22H23N5O3/c1-11-17(21(24)28)18(15-7-6-14(9-23)8-16(15)29-3)19-20(25-11)12(2)26-27-22(19)30-10-13-4-5-13/h6-8,13,18,25H,4-5,10H2,1-3H3,(H2,24,28)/t18-/m0/s1. The molecule has 1 aromatic heterocycles. The van der Waals surface area contributed by atoms with Crippen molar-refractivity contribution in [3.8, 4) is 17.7 Å². The molecule has 8 heteroatoms. The van der Waals surface area contributed by atoms with Gasteiger partial charge in [-0.25, -0.2) is 0 Å². The molecule has 1 saturated carbocycles. The molecule has 1 aliphatic carbocycles. The lowest BCUT2D eigenvalue weighted by molar-refractivity contribution is -0.114. The van der Waals surface area contributed by atoms with E-state index in [9.17, 15) is 10.1 Å². The van der Waals surface area contributed by atoms with Gasteiger partial charge in [-0.15, -0.1) is 5.10 Å². The highest BCUT2D eigenvalue weighted by Gasteiger charge is 2.38. The maximum absolute atomic E-state index is 12.5. The van der Waals surface area contributed by atoms with Gasteiger partial charge in [-0.1, -0.05) is 6.07 Å². The Bertz CT molecular complexity index is 1100. The van der Waals surface area contributed by atoms with Gasteiger partial charge < -0.3 is 20.5 Å². The van der Waals surface area contributed by atoms with Gasteiger partial charge in [0.2, 0.25) is 11.8 Å². The first-order valence-corrected chi connectivity index (χ1v) is 9.80. The highest BCUT2D eigenvalue weighted by Crippen LogP contribution is 2.48. The van der Waals surface area contributed by atoms with Crippen LogP contribution in [0.4, 0.5) is 5.69 Å². The van der Waals surface area contributed by atoms with Gasteiger partial charge in [0.25, 0.3) is 0 Å². The van der Waals surface area contributed by atoms with Gasteiger partial charge in [0.15, 0.2) is 0 Å². The number of aryl methyl sites for hydroxylation is 1. The van der Waals surface area contributed by atoms with Gasteiger partial charge in [-0.3, -0.25) is 4.79 Å². The lowest BCUT2D eigenvalue weighted by Gasteiger charge is -2.32. The van der Waals surface area contributed by atoms with E-state index >= 15 is 0 Å². The fourth-order valence-electron chi connectivity index (χ4n) is 3.81. The molecule has 154 valence electrons. The number of nitrogens with two attached hydrogens (primary N) is 1. The van der Waals surface area contributed by atoms with Crippen LogP contribution in [-0.2, 0) is 4.79 Å². The van der Waals surface area contributed by atoms with E-state index in [1.54, 1.807) is 25.1 Å². The van der Waals surface area contributed by atoms with Crippen LogP contribution in [0.3, 0.4) is 0 Å². The Morgan fingerprint density at radius 2 is 2.10 bits per heavy atom. The monoisotopic (exact) mass is 405 g/mol. The van der Waals surface area contributed by atoms with E-state index < -0.39 is 11.8 Å². The Labute approximate surface area is 174 Å². The summed E-state index contributed by atoms with van der Waals surface area (Å²) in [5.74, 6) is 0.268. The smallest absolute Gasteiger partial charge is 0.247 e. The zero-order valence-corrected chi connectivity index (χ0v) is 17.2. The number of benzene rings is 1. The summed E-state index contributed by atoms with van der Waals surface area (Å²) < 4.78 is 11.6. The quantitative estimate of drug-likeness (QED) is 0.757. The minimum atomic E-state index is -0.565. The van der Waals surface area contributed by atoms with Gasteiger partial charge in [-0.05, 0) is 44.7 Å². The summed E-state index contributed by atoms with van der Waals surface area (Å²) in [6, 6.07) is 7.24. The molecule has 1 atom stereocenters. The second-order valence-electron chi connectivity index (χ2n) is 7.66. The predicted octanol–water partition coefficient (Wildman–Crippen LogP) is 2.77. The molecule has 1 fully saturated rings. The van der Waals surface area contributed by atoms with Crippen LogP contribution >= 0.6 is 0 Å². The van der Waals surface area contributed by atoms with E-state index in [-0.39, 0.29) is 0 Å². The van der Waals surface area contributed by atoms with Crippen molar-refractivity contribution in [2.45, 2.75) is 32.6 Å². The van der Waals surface area contributed by atoms with E-state index in [1.807, 2.05) is 6.92 Å². The summed E-state index contributed by atoms with van der Waals surface area (Å²) in [6.07, 6.45) is 2.27. The van der Waals surface area contributed by atoms with Crippen molar-refractivity contribution in [2.75, 3.05) is 19.0 Å². The molecule has 1 aromatic carbocycles. The van der Waals surface area contributed by atoms with Crippen LogP contribution in [0.15, 0.2) is 29.5 Å². The fraction of sp³-hybridized carbons (Fsp3) is 0.364. The number of hydrogen-bond acceptors (Lipinski definition) is 7. The zero-order valence-electron chi connectivity index (χ0n) is 17.2. The molecule has 2 aromatic rings. The minimum absolute atomic E-state index is 0.373. The third-order valence-corrected chi connectivity index (χ3v) is 5.54. The van der Waals surface area contributed by atoms with E-state index in [0.717, 1.165) is 18.5 Å². The number of rotatable bonds is 6. The van der Waals surface area contributed by atoms with Gasteiger partial charge in [0.05, 0.1) is 48.2 Å². The molecule has 1 aliphatic heterocycles. The zero-order chi connectivity index (χ0) is 21.4. The topological polar surface area (TPSA) is 123 Å². The molecule has 0 saturated heterocycles. The number of primary amides is 1. The third kappa shape index (κ3) is 3.43. The SMILES string of the molecule is COc1cc(C#N)ccc1[C@H]1C(C(N)=O)=C(C)Nc2c(C)nnc(OCC3CC3)c21. The summed E-state index contributed by atoms with van der Waals surface area (Å²) in [5, 5.41) is 21.1. The highest BCUT2D eigenvalue weighted by molar-refractivity contribution is 5.98. The maximum Gasteiger partial charge on any atom is 0.247 e.